The summed E-state index contributed by atoms with van der Waals surface area (Å²) in [7, 11) is 0. The summed E-state index contributed by atoms with van der Waals surface area (Å²) in [5, 5.41) is 32.5. The number of piperidine rings is 3. The maximum Gasteiger partial charge on any atom is 0.290 e. The van der Waals surface area contributed by atoms with Crippen molar-refractivity contribution in [1.29, 1.82) is 0 Å². The van der Waals surface area contributed by atoms with Crippen LogP contribution >= 0.6 is 0 Å². The molecule has 0 aliphatic carbocycles. The molecule has 11 nitrogen and oxygen atoms in total. The van der Waals surface area contributed by atoms with Crippen LogP contribution < -0.4 is 0 Å². The summed E-state index contributed by atoms with van der Waals surface area (Å²) < 4.78 is 0. The van der Waals surface area contributed by atoms with E-state index < -0.39 is 0 Å². The van der Waals surface area contributed by atoms with Crippen LogP contribution in [0.4, 0.5) is 0 Å². The second kappa shape index (κ2) is 10.4. The maximum atomic E-state index is 12.8. The Bertz CT molecular complexity index is 1000. The number of Topliss-reactive ketones (excluding diaryl/α,β-unsaturated/α-hetero) is 1. The van der Waals surface area contributed by atoms with Crippen molar-refractivity contribution in [2.24, 2.45) is 11.8 Å². The first-order valence-corrected chi connectivity index (χ1v) is 9.86. The van der Waals surface area contributed by atoms with Gasteiger partial charge in [-0.1, -0.05) is 6.07 Å². The van der Waals surface area contributed by atoms with Gasteiger partial charge in [-0.25, -0.2) is 0 Å². The van der Waals surface area contributed by atoms with Crippen LogP contribution in [0.2, 0.25) is 0 Å². The molecule has 31 heavy (non-hydrogen) atoms. The molecular weight excluding hydrogens is 404 g/mol. The van der Waals surface area contributed by atoms with Crippen molar-refractivity contribution in [1.82, 2.24) is 30.5 Å². The van der Waals surface area contributed by atoms with Gasteiger partial charge in [-0.15, -0.1) is 0 Å². The zero-order valence-corrected chi connectivity index (χ0v) is 16.8. The van der Waals surface area contributed by atoms with Crippen molar-refractivity contribution in [2.75, 3.05) is 19.6 Å². The Morgan fingerprint density at radius 2 is 1.87 bits per heavy atom. The molecular formula is C20H24N6O5. The average molecular weight is 428 g/mol. The predicted molar refractivity (Wildman–Crippen MR) is 110 cm³/mol. The average Bonchev–Trinajstić information content (AvgIpc) is 3.45. The van der Waals surface area contributed by atoms with Crippen LogP contribution in [0.15, 0.2) is 24.4 Å². The number of aromatic nitrogens is 5. The van der Waals surface area contributed by atoms with E-state index in [4.69, 9.17) is 19.8 Å². The van der Waals surface area contributed by atoms with Crippen LogP contribution in [0, 0.1) is 11.8 Å². The molecule has 5 heterocycles. The van der Waals surface area contributed by atoms with Gasteiger partial charge in [-0.05, 0) is 49.9 Å². The van der Waals surface area contributed by atoms with Gasteiger partial charge >= 0.3 is 0 Å². The lowest BCUT2D eigenvalue weighted by Gasteiger charge is -2.44. The summed E-state index contributed by atoms with van der Waals surface area (Å²) in [4.78, 5) is 32.1. The largest absolute Gasteiger partial charge is 0.483 e. The number of hydrogen-bond acceptors (Lipinski definition) is 7. The fourth-order valence-corrected chi connectivity index (χ4v) is 4.39. The molecule has 3 fully saturated rings. The molecule has 1 aromatic carbocycles. The van der Waals surface area contributed by atoms with Crippen molar-refractivity contribution in [3.8, 4) is 11.3 Å². The van der Waals surface area contributed by atoms with Crippen molar-refractivity contribution >= 4 is 29.6 Å². The summed E-state index contributed by atoms with van der Waals surface area (Å²) in [6.07, 6.45) is 4.75. The Morgan fingerprint density at radius 3 is 2.45 bits per heavy atom. The topological polar surface area (TPSA) is 165 Å². The van der Waals surface area contributed by atoms with Gasteiger partial charge in [0.05, 0.1) is 11.7 Å². The number of carbonyl (C=O) groups excluding carboxylic acids is 1. The standard InChI is InChI=1S/C18H20N6O.2CH2O2/c25-17(8-13-10-24-5-3-11(13)4-6-24)18-14-2-1-12(7-15(14)20-22-18)16-9-19-23-21-16;2*2-1-3/h1-2,7,9,11,13H,3-6,8,10H2,(H,20,22)(H,19,21,23);2*1H,(H,2,3)/t13-;;/m1../s1. The van der Waals surface area contributed by atoms with Gasteiger partial charge in [0, 0.05) is 23.9 Å². The van der Waals surface area contributed by atoms with E-state index in [1.807, 2.05) is 18.2 Å². The van der Waals surface area contributed by atoms with E-state index in [-0.39, 0.29) is 18.7 Å². The number of hydrogen-bond donors (Lipinski definition) is 4. The zero-order chi connectivity index (χ0) is 22.2. The third-order valence-electron chi connectivity index (χ3n) is 5.78. The van der Waals surface area contributed by atoms with Gasteiger partial charge in [-0.2, -0.15) is 20.5 Å². The van der Waals surface area contributed by atoms with Gasteiger partial charge in [0.1, 0.15) is 11.4 Å². The van der Waals surface area contributed by atoms with Gasteiger partial charge in [0.15, 0.2) is 5.78 Å². The lowest BCUT2D eigenvalue weighted by atomic mass is 9.76. The van der Waals surface area contributed by atoms with E-state index in [0.717, 1.165) is 28.7 Å². The first-order valence-electron chi connectivity index (χ1n) is 9.86. The summed E-state index contributed by atoms with van der Waals surface area (Å²) in [6.45, 7) is 2.96. The normalized spacial score (nSPS) is 21.4. The summed E-state index contributed by atoms with van der Waals surface area (Å²) in [5.74, 6) is 1.34. The second-order valence-corrected chi connectivity index (χ2v) is 7.42. The molecule has 3 aliphatic rings. The smallest absolute Gasteiger partial charge is 0.290 e. The third-order valence-corrected chi connectivity index (χ3v) is 5.78. The molecule has 0 unspecified atom stereocenters. The van der Waals surface area contributed by atoms with Gasteiger partial charge in [-0.3, -0.25) is 19.5 Å². The van der Waals surface area contributed by atoms with Crippen molar-refractivity contribution in [3.63, 3.8) is 0 Å². The molecule has 0 radical (unpaired) electrons. The molecule has 2 bridgehead atoms. The van der Waals surface area contributed by atoms with Crippen LogP contribution in [0.1, 0.15) is 29.8 Å². The molecule has 2 aromatic heterocycles. The highest BCUT2D eigenvalue weighted by Gasteiger charge is 2.35. The highest BCUT2D eigenvalue weighted by Crippen LogP contribution is 2.35. The van der Waals surface area contributed by atoms with Crippen LogP contribution in [0.3, 0.4) is 0 Å². The number of carbonyl (C=O) groups is 3. The van der Waals surface area contributed by atoms with E-state index in [2.05, 4.69) is 30.5 Å². The lowest BCUT2D eigenvalue weighted by Crippen LogP contribution is -2.47. The number of ketones is 1. The minimum atomic E-state index is -0.250. The van der Waals surface area contributed by atoms with E-state index >= 15 is 0 Å². The predicted octanol–water partition coefficient (Wildman–Crippen LogP) is 1.66. The summed E-state index contributed by atoms with van der Waals surface area (Å²) >= 11 is 0. The van der Waals surface area contributed by atoms with Gasteiger partial charge in [0.25, 0.3) is 12.9 Å². The van der Waals surface area contributed by atoms with E-state index in [9.17, 15) is 4.79 Å². The van der Waals surface area contributed by atoms with Crippen LogP contribution in [-0.4, -0.2) is 79.1 Å². The Morgan fingerprint density at radius 1 is 1.16 bits per heavy atom. The SMILES string of the molecule is O=C(C[C@@H]1CN2CCC1CC2)c1n[nH]c2cc(-c3cn[nH]n3)ccc12.O=CO.O=CO. The highest BCUT2D eigenvalue weighted by molar-refractivity contribution is 6.06. The van der Waals surface area contributed by atoms with Crippen molar-refractivity contribution in [3.05, 3.63) is 30.1 Å². The lowest BCUT2D eigenvalue weighted by molar-refractivity contribution is -0.123. The molecule has 3 saturated heterocycles. The third kappa shape index (κ3) is 5.12. The molecule has 4 N–H and O–H groups in total. The molecule has 3 aromatic rings. The Balaban J connectivity index is 0.000000411. The van der Waals surface area contributed by atoms with E-state index in [0.29, 0.717) is 24.0 Å². The molecule has 6 rings (SSSR count). The van der Waals surface area contributed by atoms with Gasteiger partial charge in [0.2, 0.25) is 0 Å². The second-order valence-electron chi connectivity index (χ2n) is 7.42. The van der Waals surface area contributed by atoms with Crippen LogP contribution in [0.25, 0.3) is 22.2 Å². The molecule has 1 atom stereocenters. The number of nitrogens with one attached hydrogen (secondary N) is 2. The van der Waals surface area contributed by atoms with Crippen LogP contribution in [-0.2, 0) is 9.59 Å². The quantitative estimate of drug-likeness (QED) is 0.357. The fraction of sp³-hybridized carbons (Fsp3) is 0.400. The number of benzene rings is 1. The van der Waals surface area contributed by atoms with Crippen molar-refractivity contribution in [2.45, 2.75) is 19.3 Å². The number of H-pyrrole nitrogens is 2. The fourth-order valence-electron chi connectivity index (χ4n) is 4.39. The van der Waals surface area contributed by atoms with E-state index in [1.54, 1.807) is 6.20 Å². The summed E-state index contributed by atoms with van der Waals surface area (Å²) in [6, 6.07) is 5.87. The Hall–Kier alpha value is -3.60. The number of aromatic amines is 2. The van der Waals surface area contributed by atoms with Gasteiger partial charge < -0.3 is 15.1 Å². The van der Waals surface area contributed by atoms with E-state index in [1.165, 1.54) is 25.9 Å². The molecule has 164 valence electrons. The first-order chi connectivity index (χ1) is 15.1. The minimum absolute atomic E-state index is 0.152. The number of carboxylic acid groups (broad SMARTS) is 2. The first kappa shape index (κ1) is 22.1. The maximum absolute atomic E-state index is 12.8. The Kier molecular flexibility index (Phi) is 7.44. The number of nitrogens with zero attached hydrogens (tertiary/aromatic N) is 4. The number of rotatable bonds is 4. The minimum Gasteiger partial charge on any atom is -0.483 e. The monoisotopic (exact) mass is 428 g/mol. The molecule has 11 heteroatoms. The van der Waals surface area contributed by atoms with Crippen molar-refractivity contribution < 1.29 is 24.6 Å². The molecule has 3 aliphatic heterocycles. The molecule has 0 spiro atoms. The number of fused-ring (bicyclic) bond motifs is 4. The van der Waals surface area contributed by atoms with Crippen LogP contribution in [0.5, 0.6) is 0 Å². The summed E-state index contributed by atoms with van der Waals surface area (Å²) in [5.41, 5.74) is 3.15. The highest BCUT2D eigenvalue weighted by atomic mass is 16.3. The molecule has 0 saturated carbocycles. The molecule has 0 amide bonds. The zero-order valence-electron chi connectivity index (χ0n) is 16.8. The Labute approximate surface area is 177 Å².